The van der Waals surface area contributed by atoms with Crippen LogP contribution in [-0.4, -0.2) is 35.6 Å². The molecule has 7 heteroatoms. The van der Waals surface area contributed by atoms with Gasteiger partial charge in [-0.05, 0) is 42.8 Å². The Labute approximate surface area is 174 Å². The highest BCUT2D eigenvalue weighted by Gasteiger charge is 2.25. The van der Waals surface area contributed by atoms with Crippen molar-refractivity contribution in [2.75, 3.05) is 12.8 Å². The summed E-state index contributed by atoms with van der Waals surface area (Å²) in [6.07, 6.45) is 0.319. The number of likely N-dealkylation sites (N-methyl/N-ethyl adjacent to an activating group) is 1. The van der Waals surface area contributed by atoms with Crippen LogP contribution in [-0.2, 0) is 16.1 Å². The van der Waals surface area contributed by atoms with E-state index in [0.29, 0.717) is 28.8 Å². The van der Waals surface area contributed by atoms with Crippen LogP contribution in [0.1, 0.15) is 18.9 Å². The zero-order valence-electron chi connectivity index (χ0n) is 15.2. The minimum absolute atomic E-state index is 0.0903. The van der Waals surface area contributed by atoms with Gasteiger partial charge >= 0.3 is 0 Å². The van der Waals surface area contributed by atoms with Crippen LogP contribution in [0, 0.1) is 0 Å². The predicted molar refractivity (Wildman–Crippen MR) is 112 cm³/mol. The van der Waals surface area contributed by atoms with Crippen LogP contribution in [0.25, 0.3) is 0 Å². The molecule has 0 aliphatic rings. The van der Waals surface area contributed by atoms with Crippen molar-refractivity contribution in [1.29, 1.82) is 0 Å². The Hall–Kier alpha value is -1.69. The lowest BCUT2D eigenvalue weighted by Gasteiger charge is -2.28. The summed E-state index contributed by atoms with van der Waals surface area (Å²) in [5, 5.41) is 3.86. The molecule has 2 rings (SSSR count). The number of halogens is 2. The maximum atomic E-state index is 12.8. The van der Waals surface area contributed by atoms with Crippen LogP contribution >= 0.6 is 35.0 Å². The lowest BCUT2D eigenvalue weighted by molar-refractivity contribution is -0.140. The standard InChI is InChI=1S/C20H22Cl2N2O2S/c1-14(20(26)23-2)24(13-15-5-3-4-6-18(15)22)19(25)11-12-27-17-9-7-16(21)8-10-17/h3-10,14H,11-13H2,1-2H3,(H,23,26)/t14-/m1/s1. The van der Waals surface area contributed by atoms with Crippen molar-refractivity contribution in [3.05, 3.63) is 64.1 Å². The van der Waals surface area contributed by atoms with Gasteiger partial charge in [-0.1, -0.05) is 41.4 Å². The summed E-state index contributed by atoms with van der Waals surface area (Å²) >= 11 is 13.7. The maximum Gasteiger partial charge on any atom is 0.242 e. The molecule has 4 nitrogen and oxygen atoms in total. The Bertz CT molecular complexity index is 784. The zero-order chi connectivity index (χ0) is 19.8. The summed E-state index contributed by atoms with van der Waals surface area (Å²) in [6, 6.07) is 14.2. The van der Waals surface area contributed by atoms with E-state index in [4.69, 9.17) is 23.2 Å². The van der Waals surface area contributed by atoms with Crippen molar-refractivity contribution in [2.45, 2.75) is 30.8 Å². The summed E-state index contributed by atoms with van der Waals surface area (Å²) in [5.74, 6) is 0.313. The summed E-state index contributed by atoms with van der Waals surface area (Å²) in [4.78, 5) is 27.6. The Kier molecular flexibility index (Phi) is 8.48. The molecule has 2 amide bonds. The van der Waals surface area contributed by atoms with Gasteiger partial charge in [-0.15, -0.1) is 11.8 Å². The fourth-order valence-electron chi connectivity index (χ4n) is 2.53. The largest absolute Gasteiger partial charge is 0.357 e. The van der Waals surface area contributed by atoms with Gasteiger partial charge in [-0.25, -0.2) is 0 Å². The van der Waals surface area contributed by atoms with Gasteiger partial charge in [0.2, 0.25) is 11.8 Å². The molecule has 0 unspecified atom stereocenters. The van der Waals surface area contributed by atoms with Crippen molar-refractivity contribution in [1.82, 2.24) is 10.2 Å². The SMILES string of the molecule is CNC(=O)[C@@H](C)N(Cc1ccccc1Cl)C(=O)CCSc1ccc(Cl)cc1. The van der Waals surface area contributed by atoms with Crippen LogP contribution in [0.4, 0.5) is 0 Å². The van der Waals surface area contributed by atoms with Gasteiger partial charge in [0, 0.05) is 40.7 Å². The lowest BCUT2D eigenvalue weighted by atomic mass is 10.1. The number of amides is 2. The van der Waals surface area contributed by atoms with E-state index in [0.717, 1.165) is 10.5 Å². The van der Waals surface area contributed by atoms with Crippen molar-refractivity contribution >= 4 is 46.8 Å². The number of carbonyl (C=O) groups is 2. The monoisotopic (exact) mass is 424 g/mol. The Morgan fingerprint density at radius 3 is 2.41 bits per heavy atom. The lowest BCUT2D eigenvalue weighted by Crippen LogP contribution is -2.46. The van der Waals surface area contributed by atoms with E-state index in [1.165, 1.54) is 0 Å². The maximum absolute atomic E-state index is 12.8. The molecule has 1 N–H and O–H groups in total. The molecule has 0 aromatic heterocycles. The van der Waals surface area contributed by atoms with Gasteiger partial charge < -0.3 is 10.2 Å². The molecule has 0 spiro atoms. The zero-order valence-corrected chi connectivity index (χ0v) is 17.6. The van der Waals surface area contributed by atoms with Gasteiger partial charge in [0.15, 0.2) is 0 Å². The molecule has 0 bridgehead atoms. The van der Waals surface area contributed by atoms with Crippen LogP contribution < -0.4 is 5.32 Å². The first kappa shape index (κ1) is 21.6. The Morgan fingerprint density at radius 1 is 1.11 bits per heavy atom. The summed E-state index contributed by atoms with van der Waals surface area (Å²) < 4.78 is 0. The van der Waals surface area contributed by atoms with Gasteiger partial charge in [0.1, 0.15) is 6.04 Å². The first-order valence-corrected chi connectivity index (χ1v) is 10.3. The Balaban J connectivity index is 2.04. The second-order valence-electron chi connectivity index (χ2n) is 5.96. The number of nitrogens with zero attached hydrogens (tertiary/aromatic N) is 1. The van der Waals surface area contributed by atoms with E-state index in [9.17, 15) is 9.59 Å². The van der Waals surface area contributed by atoms with Crippen LogP contribution in [0.15, 0.2) is 53.4 Å². The Morgan fingerprint density at radius 2 is 1.78 bits per heavy atom. The average molecular weight is 425 g/mol. The molecule has 2 aromatic carbocycles. The van der Waals surface area contributed by atoms with Gasteiger partial charge in [-0.3, -0.25) is 9.59 Å². The van der Waals surface area contributed by atoms with E-state index in [-0.39, 0.29) is 11.8 Å². The third-order valence-corrected chi connectivity index (χ3v) is 5.74. The molecule has 2 aromatic rings. The normalized spacial score (nSPS) is 11.7. The fraction of sp³-hybridized carbons (Fsp3) is 0.300. The topological polar surface area (TPSA) is 49.4 Å². The summed E-state index contributed by atoms with van der Waals surface area (Å²) in [7, 11) is 1.56. The van der Waals surface area contributed by atoms with Crippen LogP contribution in [0.3, 0.4) is 0 Å². The minimum Gasteiger partial charge on any atom is -0.357 e. The van der Waals surface area contributed by atoms with E-state index < -0.39 is 6.04 Å². The van der Waals surface area contributed by atoms with Crippen molar-refractivity contribution in [2.24, 2.45) is 0 Å². The molecule has 1 atom stereocenters. The van der Waals surface area contributed by atoms with E-state index >= 15 is 0 Å². The molecular weight excluding hydrogens is 403 g/mol. The van der Waals surface area contributed by atoms with Gasteiger partial charge in [0.05, 0.1) is 0 Å². The first-order valence-electron chi connectivity index (χ1n) is 8.55. The second kappa shape index (κ2) is 10.6. The van der Waals surface area contributed by atoms with E-state index in [1.54, 1.807) is 36.7 Å². The molecule has 27 heavy (non-hydrogen) atoms. The van der Waals surface area contributed by atoms with Crippen molar-refractivity contribution < 1.29 is 9.59 Å². The third kappa shape index (κ3) is 6.45. The highest BCUT2D eigenvalue weighted by atomic mass is 35.5. The average Bonchev–Trinajstić information content (AvgIpc) is 2.67. The van der Waals surface area contributed by atoms with Crippen LogP contribution in [0.2, 0.25) is 10.0 Å². The van der Waals surface area contributed by atoms with E-state index in [2.05, 4.69) is 5.32 Å². The number of rotatable bonds is 8. The van der Waals surface area contributed by atoms with Crippen LogP contribution in [0.5, 0.6) is 0 Å². The minimum atomic E-state index is -0.584. The summed E-state index contributed by atoms with van der Waals surface area (Å²) in [5.41, 5.74) is 0.814. The molecule has 0 saturated heterocycles. The fourth-order valence-corrected chi connectivity index (χ4v) is 3.69. The molecule has 0 aliphatic heterocycles. The van der Waals surface area contributed by atoms with Gasteiger partial charge in [0.25, 0.3) is 0 Å². The van der Waals surface area contributed by atoms with Gasteiger partial charge in [-0.2, -0.15) is 0 Å². The van der Waals surface area contributed by atoms with Crippen molar-refractivity contribution in [3.8, 4) is 0 Å². The molecule has 0 aliphatic carbocycles. The molecule has 0 saturated carbocycles. The predicted octanol–water partition coefficient (Wildman–Crippen LogP) is 4.64. The highest BCUT2D eigenvalue weighted by molar-refractivity contribution is 7.99. The first-order chi connectivity index (χ1) is 12.9. The smallest absolute Gasteiger partial charge is 0.242 e. The second-order valence-corrected chi connectivity index (χ2v) is 7.97. The number of nitrogens with one attached hydrogen (secondary N) is 1. The molecule has 144 valence electrons. The third-order valence-electron chi connectivity index (χ3n) is 4.11. The van der Waals surface area contributed by atoms with E-state index in [1.807, 2.05) is 42.5 Å². The molecule has 0 radical (unpaired) electrons. The molecular formula is C20H22Cl2N2O2S. The molecule has 0 heterocycles. The quantitative estimate of drug-likeness (QED) is 0.627. The van der Waals surface area contributed by atoms with Crippen molar-refractivity contribution in [3.63, 3.8) is 0 Å². The number of hydrogen-bond donors (Lipinski definition) is 1. The highest BCUT2D eigenvalue weighted by Crippen LogP contribution is 2.23. The summed E-state index contributed by atoms with van der Waals surface area (Å²) in [6.45, 7) is 2.01. The number of thioether (sulfide) groups is 1. The number of benzene rings is 2. The molecule has 0 fully saturated rings. The number of hydrogen-bond acceptors (Lipinski definition) is 3. The number of carbonyl (C=O) groups excluding carboxylic acids is 2.